The maximum atomic E-state index is 5.89. The molecular weight excluding hydrogens is 278 g/mol. The van der Waals surface area contributed by atoms with Gasteiger partial charge in [0.05, 0.1) is 13.3 Å². The van der Waals surface area contributed by atoms with Crippen LogP contribution in [-0.4, -0.2) is 23.4 Å². The van der Waals surface area contributed by atoms with Crippen LogP contribution in [0.15, 0.2) is 22.7 Å². The fraction of sp³-hybridized carbons (Fsp3) is 0.500. The molecule has 0 radical (unpaired) electrons. The summed E-state index contributed by atoms with van der Waals surface area (Å²) in [6.07, 6.45) is 2.73. The molecule has 0 spiro atoms. The minimum atomic E-state index is -0.128. The Morgan fingerprint density at radius 3 is 2.80 bits per heavy atom. The van der Waals surface area contributed by atoms with Gasteiger partial charge >= 0.3 is 0 Å². The Bertz CT molecular complexity index is 550. The largest absolute Gasteiger partial charge is 0.493 e. The first kappa shape index (κ1) is 14.9. The van der Waals surface area contributed by atoms with Gasteiger partial charge in [-0.1, -0.05) is 13.8 Å². The lowest BCUT2D eigenvalue weighted by Crippen LogP contribution is -2.25. The molecule has 0 saturated carbocycles. The lowest BCUT2D eigenvalue weighted by Gasteiger charge is -2.18. The predicted octanol–water partition coefficient (Wildman–Crippen LogP) is 3.25. The van der Waals surface area contributed by atoms with Gasteiger partial charge in [-0.2, -0.15) is 5.10 Å². The standard InChI is InChI=1S/C14H20ClN3O2/c1-4-8-18-14(11(19-3)9-17-18)13(16-5-2)10-6-7-12(15)20-10/h6-7,9,13,16H,4-5,8H2,1-3H3. The molecule has 5 nitrogen and oxygen atoms in total. The van der Waals surface area contributed by atoms with Crippen molar-refractivity contribution < 1.29 is 9.15 Å². The van der Waals surface area contributed by atoms with Crippen molar-refractivity contribution in [2.24, 2.45) is 0 Å². The lowest BCUT2D eigenvalue weighted by molar-refractivity contribution is 0.383. The second kappa shape index (κ2) is 6.81. The summed E-state index contributed by atoms with van der Waals surface area (Å²) >= 11 is 5.89. The molecule has 0 fully saturated rings. The second-order valence-corrected chi connectivity index (χ2v) is 4.83. The van der Waals surface area contributed by atoms with Crippen LogP contribution in [0, 0.1) is 0 Å². The number of aryl methyl sites for hydroxylation is 1. The highest BCUT2D eigenvalue weighted by Gasteiger charge is 2.25. The van der Waals surface area contributed by atoms with Gasteiger partial charge in [0.25, 0.3) is 0 Å². The highest BCUT2D eigenvalue weighted by Crippen LogP contribution is 2.32. The van der Waals surface area contributed by atoms with Gasteiger partial charge in [0.15, 0.2) is 11.0 Å². The molecular formula is C14H20ClN3O2. The first-order valence-corrected chi connectivity index (χ1v) is 7.17. The van der Waals surface area contributed by atoms with Crippen molar-refractivity contribution in [2.45, 2.75) is 32.9 Å². The van der Waals surface area contributed by atoms with Crippen LogP contribution in [0.4, 0.5) is 0 Å². The highest BCUT2D eigenvalue weighted by atomic mass is 35.5. The van der Waals surface area contributed by atoms with Crippen molar-refractivity contribution in [3.05, 3.63) is 35.0 Å². The molecule has 110 valence electrons. The van der Waals surface area contributed by atoms with Gasteiger partial charge in [-0.25, -0.2) is 0 Å². The predicted molar refractivity (Wildman–Crippen MR) is 78.3 cm³/mol. The van der Waals surface area contributed by atoms with Crippen LogP contribution in [0.5, 0.6) is 5.75 Å². The van der Waals surface area contributed by atoms with Crippen molar-refractivity contribution in [1.29, 1.82) is 0 Å². The molecule has 2 aromatic rings. The van der Waals surface area contributed by atoms with Crippen LogP contribution in [0.3, 0.4) is 0 Å². The summed E-state index contributed by atoms with van der Waals surface area (Å²) in [6.45, 7) is 5.78. The molecule has 20 heavy (non-hydrogen) atoms. The lowest BCUT2D eigenvalue weighted by atomic mass is 10.1. The van der Waals surface area contributed by atoms with Crippen molar-refractivity contribution in [1.82, 2.24) is 15.1 Å². The SMILES string of the molecule is CCCn1ncc(OC)c1C(NCC)c1ccc(Cl)o1. The maximum Gasteiger partial charge on any atom is 0.193 e. The molecule has 0 bridgehead atoms. The van der Waals surface area contributed by atoms with Crippen LogP contribution in [0.25, 0.3) is 0 Å². The van der Waals surface area contributed by atoms with Gasteiger partial charge in [0.1, 0.15) is 17.5 Å². The van der Waals surface area contributed by atoms with E-state index in [2.05, 4.69) is 17.3 Å². The Morgan fingerprint density at radius 2 is 2.25 bits per heavy atom. The molecule has 0 aliphatic carbocycles. The monoisotopic (exact) mass is 297 g/mol. The molecule has 0 aliphatic heterocycles. The number of rotatable bonds is 7. The number of aromatic nitrogens is 2. The minimum absolute atomic E-state index is 0.128. The van der Waals surface area contributed by atoms with Crippen LogP contribution in [0.2, 0.25) is 5.22 Å². The van der Waals surface area contributed by atoms with E-state index in [1.807, 2.05) is 17.7 Å². The Kier molecular flexibility index (Phi) is 5.09. The summed E-state index contributed by atoms with van der Waals surface area (Å²) in [4.78, 5) is 0. The van der Waals surface area contributed by atoms with E-state index < -0.39 is 0 Å². The molecule has 2 aromatic heterocycles. The Balaban J connectivity index is 2.44. The second-order valence-electron chi connectivity index (χ2n) is 4.45. The van der Waals surface area contributed by atoms with Gasteiger partial charge in [-0.05, 0) is 36.7 Å². The molecule has 0 amide bonds. The molecule has 0 saturated heterocycles. The van der Waals surface area contributed by atoms with Crippen LogP contribution < -0.4 is 10.1 Å². The fourth-order valence-electron chi connectivity index (χ4n) is 2.24. The zero-order valence-corrected chi connectivity index (χ0v) is 12.8. The summed E-state index contributed by atoms with van der Waals surface area (Å²) in [5, 5.41) is 8.16. The third kappa shape index (κ3) is 2.99. The van der Waals surface area contributed by atoms with Gasteiger partial charge in [-0.15, -0.1) is 0 Å². The summed E-state index contributed by atoms with van der Waals surface area (Å²) in [5.41, 5.74) is 0.960. The molecule has 0 aliphatic rings. The van der Waals surface area contributed by atoms with E-state index in [4.69, 9.17) is 20.8 Å². The molecule has 1 unspecified atom stereocenters. The first-order chi connectivity index (χ1) is 9.71. The smallest absolute Gasteiger partial charge is 0.193 e. The third-order valence-electron chi connectivity index (χ3n) is 3.06. The van der Waals surface area contributed by atoms with E-state index in [0.29, 0.717) is 5.22 Å². The average molecular weight is 298 g/mol. The molecule has 1 N–H and O–H groups in total. The third-order valence-corrected chi connectivity index (χ3v) is 3.26. The fourth-order valence-corrected chi connectivity index (χ4v) is 2.39. The number of ether oxygens (including phenoxy) is 1. The van der Waals surface area contributed by atoms with E-state index in [9.17, 15) is 0 Å². The van der Waals surface area contributed by atoms with E-state index in [-0.39, 0.29) is 6.04 Å². The molecule has 6 heteroatoms. The summed E-state index contributed by atoms with van der Waals surface area (Å²) in [5.74, 6) is 1.50. The Morgan fingerprint density at radius 1 is 1.45 bits per heavy atom. The van der Waals surface area contributed by atoms with Crippen LogP contribution in [0.1, 0.15) is 37.8 Å². The Labute approximate surface area is 123 Å². The van der Waals surface area contributed by atoms with Crippen molar-refractivity contribution in [3.63, 3.8) is 0 Å². The number of furan rings is 1. The van der Waals surface area contributed by atoms with Crippen LogP contribution >= 0.6 is 11.6 Å². The van der Waals surface area contributed by atoms with E-state index in [1.54, 1.807) is 19.4 Å². The average Bonchev–Trinajstić information content (AvgIpc) is 3.03. The topological polar surface area (TPSA) is 52.2 Å². The van der Waals surface area contributed by atoms with E-state index in [0.717, 1.165) is 36.7 Å². The number of halogens is 1. The number of hydrogen-bond acceptors (Lipinski definition) is 4. The highest BCUT2D eigenvalue weighted by molar-refractivity contribution is 6.28. The minimum Gasteiger partial charge on any atom is -0.493 e. The number of hydrogen-bond donors (Lipinski definition) is 1. The number of methoxy groups -OCH3 is 1. The molecule has 0 aromatic carbocycles. The zero-order chi connectivity index (χ0) is 14.5. The van der Waals surface area contributed by atoms with Gasteiger partial charge in [0, 0.05) is 6.54 Å². The number of nitrogens with zero attached hydrogens (tertiary/aromatic N) is 2. The van der Waals surface area contributed by atoms with E-state index >= 15 is 0 Å². The molecule has 1 atom stereocenters. The van der Waals surface area contributed by atoms with Gasteiger partial charge in [0.2, 0.25) is 0 Å². The van der Waals surface area contributed by atoms with Gasteiger partial charge < -0.3 is 14.5 Å². The van der Waals surface area contributed by atoms with Crippen molar-refractivity contribution in [2.75, 3.05) is 13.7 Å². The number of nitrogens with one attached hydrogen (secondary N) is 1. The van der Waals surface area contributed by atoms with Crippen LogP contribution in [-0.2, 0) is 6.54 Å². The summed E-state index contributed by atoms with van der Waals surface area (Å²) in [7, 11) is 1.65. The first-order valence-electron chi connectivity index (χ1n) is 6.79. The molecule has 2 rings (SSSR count). The molecule has 2 heterocycles. The zero-order valence-electron chi connectivity index (χ0n) is 12.0. The summed E-state index contributed by atoms with van der Waals surface area (Å²) in [6, 6.07) is 3.49. The van der Waals surface area contributed by atoms with Crippen molar-refractivity contribution >= 4 is 11.6 Å². The Hall–Kier alpha value is -1.46. The van der Waals surface area contributed by atoms with Gasteiger partial charge in [-0.3, -0.25) is 4.68 Å². The van der Waals surface area contributed by atoms with Crippen molar-refractivity contribution in [3.8, 4) is 5.75 Å². The quantitative estimate of drug-likeness (QED) is 0.852. The van der Waals surface area contributed by atoms with E-state index in [1.165, 1.54) is 0 Å². The maximum absolute atomic E-state index is 5.89. The normalized spacial score (nSPS) is 12.6. The summed E-state index contributed by atoms with van der Waals surface area (Å²) < 4.78 is 12.9.